The summed E-state index contributed by atoms with van der Waals surface area (Å²) in [4.78, 5) is 13.4. The molecule has 1 saturated heterocycles. The van der Waals surface area contributed by atoms with Gasteiger partial charge in [-0.2, -0.15) is 0 Å². The van der Waals surface area contributed by atoms with Crippen LogP contribution in [0.4, 0.5) is 4.79 Å². The molecule has 18 heavy (non-hydrogen) atoms. The Balaban J connectivity index is 1.83. The van der Waals surface area contributed by atoms with Crippen LogP contribution in [0.3, 0.4) is 0 Å². The highest BCUT2D eigenvalue weighted by atomic mass is 32.1. The molecule has 1 aromatic heterocycles. The van der Waals surface area contributed by atoms with E-state index in [0.29, 0.717) is 19.6 Å². The fourth-order valence-electron chi connectivity index (χ4n) is 2.19. The van der Waals surface area contributed by atoms with Gasteiger partial charge < -0.3 is 15.4 Å². The number of nitrogens with two attached hydrogens (primary N) is 1. The Morgan fingerprint density at radius 1 is 1.44 bits per heavy atom. The Bertz CT molecular complexity index is 581. The first-order valence-electron chi connectivity index (χ1n) is 5.88. The van der Waals surface area contributed by atoms with E-state index in [1.807, 2.05) is 12.1 Å². The number of hydrogen-bond acceptors (Lipinski definition) is 4. The highest BCUT2D eigenvalue weighted by Crippen LogP contribution is 2.27. The number of rotatable bonds is 3. The summed E-state index contributed by atoms with van der Waals surface area (Å²) in [6.45, 7) is 1.56. The molecule has 1 amide bonds. The molecule has 2 heterocycles. The average Bonchev–Trinajstić information content (AvgIpc) is 2.95. The number of cyclic esters (lactones) is 1. The molecule has 1 fully saturated rings. The van der Waals surface area contributed by atoms with E-state index in [4.69, 9.17) is 10.5 Å². The molecule has 0 radical (unpaired) electrons. The largest absolute Gasteiger partial charge is 0.443 e. The molecule has 0 spiro atoms. The molecule has 94 valence electrons. The van der Waals surface area contributed by atoms with Crippen LogP contribution in [0, 0.1) is 0 Å². The lowest BCUT2D eigenvalue weighted by Crippen LogP contribution is -2.27. The van der Waals surface area contributed by atoms with Crippen LogP contribution in [0.1, 0.15) is 5.56 Å². The molecule has 1 unspecified atom stereocenters. The van der Waals surface area contributed by atoms with E-state index in [-0.39, 0.29) is 12.2 Å². The number of nitrogens with zero attached hydrogens (tertiary/aromatic N) is 1. The van der Waals surface area contributed by atoms with Crippen molar-refractivity contribution in [1.82, 2.24) is 4.90 Å². The Morgan fingerprint density at radius 3 is 3.06 bits per heavy atom. The third kappa shape index (κ3) is 1.95. The molecular weight excluding hydrogens is 248 g/mol. The Morgan fingerprint density at radius 2 is 2.28 bits per heavy atom. The van der Waals surface area contributed by atoms with Crippen LogP contribution in [0.2, 0.25) is 0 Å². The molecule has 0 saturated carbocycles. The van der Waals surface area contributed by atoms with Crippen LogP contribution < -0.4 is 5.73 Å². The lowest BCUT2D eigenvalue weighted by molar-refractivity contribution is 0.134. The minimum absolute atomic E-state index is 0.164. The van der Waals surface area contributed by atoms with Crippen LogP contribution in [0.25, 0.3) is 10.1 Å². The number of ether oxygens (including phenoxy) is 1. The normalized spacial score (nSPS) is 19.5. The van der Waals surface area contributed by atoms with Gasteiger partial charge >= 0.3 is 6.09 Å². The smallest absolute Gasteiger partial charge is 0.410 e. The van der Waals surface area contributed by atoms with Crippen molar-refractivity contribution in [3.63, 3.8) is 0 Å². The predicted octanol–water partition coefficient (Wildman–Crippen LogP) is 2.18. The van der Waals surface area contributed by atoms with E-state index in [9.17, 15) is 4.79 Å². The molecule has 0 bridgehead atoms. The van der Waals surface area contributed by atoms with Gasteiger partial charge in [0.2, 0.25) is 0 Å². The van der Waals surface area contributed by atoms with Crippen LogP contribution >= 0.6 is 11.3 Å². The summed E-state index contributed by atoms with van der Waals surface area (Å²) in [5.41, 5.74) is 6.69. The Kier molecular flexibility index (Phi) is 2.93. The first-order valence-corrected chi connectivity index (χ1v) is 6.76. The van der Waals surface area contributed by atoms with Crippen molar-refractivity contribution < 1.29 is 9.53 Å². The van der Waals surface area contributed by atoms with E-state index < -0.39 is 0 Å². The third-order valence-corrected chi connectivity index (χ3v) is 4.15. The van der Waals surface area contributed by atoms with Gasteiger partial charge in [-0.05, 0) is 22.4 Å². The van der Waals surface area contributed by atoms with E-state index in [0.717, 1.165) is 0 Å². The molecule has 3 rings (SSSR count). The number of thiophene rings is 1. The maximum absolute atomic E-state index is 11.7. The minimum Gasteiger partial charge on any atom is -0.443 e. The quantitative estimate of drug-likeness (QED) is 0.922. The first-order chi connectivity index (χ1) is 8.78. The number of carbonyl (C=O) groups is 1. The van der Waals surface area contributed by atoms with Gasteiger partial charge in [-0.1, -0.05) is 18.2 Å². The number of carbonyl (C=O) groups excluding carboxylic acids is 1. The van der Waals surface area contributed by atoms with E-state index in [1.165, 1.54) is 15.6 Å². The number of hydrogen-bond donors (Lipinski definition) is 1. The van der Waals surface area contributed by atoms with Crippen molar-refractivity contribution in [2.24, 2.45) is 5.73 Å². The molecular formula is C13H14N2O2S. The highest BCUT2D eigenvalue weighted by molar-refractivity contribution is 7.17. The summed E-state index contributed by atoms with van der Waals surface area (Å²) in [5, 5.41) is 3.32. The van der Waals surface area contributed by atoms with Gasteiger partial charge in [-0.15, -0.1) is 11.3 Å². The summed E-state index contributed by atoms with van der Waals surface area (Å²) < 4.78 is 6.40. The fourth-order valence-corrected chi connectivity index (χ4v) is 3.14. The second kappa shape index (κ2) is 4.59. The molecule has 1 aliphatic heterocycles. The molecule has 1 atom stereocenters. The van der Waals surface area contributed by atoms with Gasteiger partial charge in [0.15, 0.2) is 0 Å². The van der Waals surface area contributed by atoms with Crippen molar-refractivity contribution in [3.8, 4) is 0 Å². The minimum atomic E-state index is -0.263. The summed E-state index contributed by atoms with van der Waals surface area (Å²) >= 11 is 1.70. The molecule has 0 aliphatic carbocycles. The number of benzene rings is 1. The predicted molar refractivity (Wildman–Crippen MR) is 71.6 cm³/mol. The Hall–Kier alpha value is -1.59. The van der Waals surface area contributed by atoms with Crippen LogP contribution in [-0.2, 0) is 11.3 Å². The molecule has 4 nitrogen and oxygen atoms in total. The van der Waals surface area contributed by atoms with E-state index in [1.54, 1.807) is 16.2 Å². The summed E-state index contributed by atoms with van der Waals surface area (Å²) in [5.74, 6) is 0. The first kappa shape index (κ1) is 11.5. The molecule has 5 heteroatoms. The summed E-state index contributed by atoms with van der Waals surface area (Å²) in [6.07, 6.45) is -0.428. The zero-order valence-electron chi connectivity index (χ0n) is 9.83. The zero-order valence-corrected chi connectivity index (χ0v) is 10.7. The molecule has 1 aliphatic rings. The van der Waals surface area contributed by atoms with Gasteiger partial charge in [0, 0.05) is 11.2 Å². The van der Waals surface area contributed by atoms with E-state index in [2.05, 4.69) is 17.5 Å². The van der Waals surface area contributed by atoms with Crippen LogP contribution in [0.5, 0.6) is 0 Å². The van der Waals surface area contributed by atoms with Crippen LogP contribution in [0.15, 0.2) is 29.6 Å². The molecule has 1 aromatic carbocycles. The summed E-state index contributed by atoms with van der Waals surface area (Å²) in [7, 11) is 0. The SMILES string of the molecule is NCC1CN(Cc2csc3ccccc23)C(=O)O1. The van der Waals surface area contributed by atoms with Crippen molar-refractivity contribution in [2.75, 3.05) is 13.1 Å². The van der Waals surface area contributed by atoms with Gasteiger partial charge in [-0.3, -0.25) is 0 Å². The van der Waals surface area contributed by atoms with Gasteiger partial charge in [0.05, 0.1) is 13.1 Å². The lowest BCUT2D eigenvalue weighted by atomic mass is 10.1. The van der Waals surface area contributed by atoms with Crippen molar-refractivity contribution in [1.29, 1.82) is 0 Å². The monoisotopic (exact) mass is 262 g/mol. The van der Waals surface area contributed by atoms with Crippen LogP contribution in [-0.4, -0.2) is 30.2 Å². The van der Waals surface area contributed by atoms with Gasteiger partial charge in [0.25, 0.3) is 0 Å². The third-order valence-electron chi connectivity index (χ3n) is 3.13. The van der Waals surface area contributed by atoms with Crippen molar-refractivity contribution in [2.45, 2.75) is 12.6 Å². The lowest BCUT2D eigenvalue weighted by Gasteiger charge is -2.11. The topological polar surface area (TPSA) is 55.6 Å². The van der Waals surface area contributed by atoms with Crippen molar-refractivity contribution in [3.05, 3.63) is 35.2 Å². The maximum Gasteiger partial charge on any atom is 0.410 e. The second-order valence-corrected chi connectivity index (χ2v) is 5.29. The fraction of sp³-hybridized carbons (Fsp3) is 0.308. The molecule has 2 aromatic rings. The van der Waals surface area contributed by atoms with Gasteiger partial charge in [0.1, 0.15) is 6.10 Å². The summed E-state index contributed by atoms with van der Waals surface area (Å²) in [6, 6.07) is 8.22. The average molecular weight is 262 g/mol. The van der Waals surface area contributed by atoms with Crippen molar-refractivity contribution >= 4 is 27.5 Å². The second-order valence-electron chi connectivity index (χ2n) is 4.38. The molecule has 2 N–H and O–H groups in total. The number of fused-ring (bicyclic) bond motifs is 1. The standard InChI is InChI=1S/C13H14N2O2S/c14-5-10-7-15(13(16)17-10)6-9-8-18-12-4-2-1-3-11(9)12/h1-4,8,10H,5-7,14H2. The number of amides is 1. The van der Waals surface area contributed by atoms with Gasteiger partial charge in [-0.25, -0.2) is 4.79 Å². The zero-order chi connectivity index (χ0) is 12.5. The highest BCUT2D eigenvalue weighted by Gasteiger charge is 2.30. The van der Waals surface area contributed by atoms with E-state index >= 15 is 0 Å². The Labute approximate surface area is 109 Å². The maximum atomic E-state index is 11.7.